The van der Waals surface area contributed by atoms with Crippen LogP contribution in [-0.4, -0.2) is 50.5 Å². The summed E-state index contributed by atoms with van der Waals surface area (Å²) in [7, 11) is 0. The average molecular weight is 274 g/mol. The van der Waals surface area contributed by atoms with E-state index in [4.69, 9.17) is 0 Å². The fraction of sp³-hybridized carbons (Fsp3) is 0.571. The van der Waals surface area contributed by atoms with Crippen molar-refractivity contribution >= 4 is 16.9 Å². The molecule has 0 aromatic carbocycles. The zero-order chi connectivity index (χ0) is 13.7. The molecule has 1 saturated carbocycles. The van der Waals surface area contributed by atoms with Crippen molar-refractivity contribution in [3.05, 3.63) is 18.6 Å². The summed E-state index contributed by atoms with van der Waals surface area (Å²) in [5, 5.41) is 21.0. The van der Waals surface area contributed by atoms with Crippen molar-refractivity contribution in [2.24, 2.45) is 5.41 Å². The molecule has 2 unspecified atom stereocenters. The molecule has 2 aliphatic rings. The van der Waals surface area contributed by atoms with Gasteiger partial charge >= 0.3 is 0 Å². The minimum Gasteiger partial charge on any atom is -0.392 e. The van der Waals surface area contributed by atoms with Gasteiger partial charge in [0.2, 0.25) is 0 Å². The number of rotatable bonds is 1. The molecule has 6 heteroatoms. The zero-order valence-electron chi connectivity index (χ0n) is 11.2. The molecule has 3 N–H and O–H groups in total. The number of H-pyrrole nitrogens is 1. The van der Waals surface area contributed by atoms with Crippen LogP contribution in [0, 0.1) is 5.41 Å². The number of nitrogens with zero attached hydrogens (tertiary/aromatic N) is 3. The Morgan fingerprint density at radius 2 is 1.95 bits per heavy atom. The van der Waals surface area contributed by atoms with Gasteiger partial charge in [0.1, 0.15) is 17.8 Å². The van der Waals surface area contributed by atoms with Crippen molar-refractivity contribution < 1.29 is 10.2 Å². The first-order chi connectivity index (χ1) is 9.71. The summed E-state index contributed by atoms with van der Waals surface area (Å²) in [6.07, 6.45) is 4.89. The fourth-order valence-corrected chi connectivity index (χ4v) is 3.65. The van der Waals surface area contributed by atoms with E-state index in [0.717, 1.165) is 42.8 Å². The van der Waals surface area contributed by atoms with Crippen LogP contribution in [-0.2, 0) is 0 Å². The molecule has 6 nitrogen and oxygen atoms in total. The highest BCUT2D eigenvalue weighted by Crippen LogP contribution is 2.49. The van der Waals surface area contributed by atoms with Gasteiger partial charge < -0.3 is 20.1 Å². The van der Waals surface area contributed by atoms with Crippen LogP contribution in [0.3, 0.4) is 0 Å². The minimum absolute atomic E-state index is 0.277. The molecule has 4 rings (SSSR count). The number of aliphatic hydroxyl groups is 2. The number of hydrogen-bond donors (Lipinski definition) is 3. The third-order valence-corrected chi connectivity index (χ3v) is 5.10. The Morgan fingerprint density at radius 3 is 2.65 bits per heavy atom. The van der Waals surface area contributed by atoms with E-state index in [1.165, 1.54) is 0 Å². The van der Waals surface area contributed by atoms with Gasteiger partial charge in [-0.15, -0.1) is 0 Å². The van der Waals surface area contributed by atoms with E-state index in [1.807, 2.05) is 12.3 Å². The number of aliphatic hydroxyl groups excluding tert-OH is 2. The van der Waals surface area contributed by atoms with Crippen molar-refractivity contribution in [3.63, 3.8) is 0 Å². The largest absolute Gasteiger partial charge is 0.392 e. The SMILES string of the molecule is OC1CC(O)C12CCN(c1ncnc3[nH]ccc13)CC2. The highest BCUT2D eigenvalue weighted by atomic mass is 16.3. The summed E-state index contributed by atoms with van der Waals surface area (Å²) in [6, 6.07) is 1.99. The molecule has 0 radical (unpaired) electrons. The maximum atomic E-state index is 9.98. The van der Waals surface area contributed by atoms with Crippen LogP contribution >= 0.6 is 0 Å². The van der Waals surface area contributed by atoms with E-state index >= 15 is 0 Å². The Balaban J connectivity index is 1.59. The third kappa shape index (κ3) is 1.52. The first-order valence-electron chi connectivity index (χ1n) is 7.10. The van der Waals surface area contributed by atoms with Gasteiger partial charge in [-0.2, -0.15) is 0 Å². The van der Waals surface area contributed by atoms with Crippen LogP contribution in [0.5, 0.6) is 0 Å². The molecule has 0 bridgehead atoms. The fourth-order valence-electron chi connectivity index (χ4n) is 3.65. The molecule has 2 aromatic heterocycles. The lowest BCUT2D eigenvalue weighted by molar-refractivity contribution is -0.177. The Bertz CT molecular complexity index is 623. The Morgan fingerprint density at radius 1 is 1.20 bits per heavy atom. The quantitative estimate of drug-likeness (QED) is 0.711. The Hall–Kier alpha value is -1.66. The summed E-state index contributed by atoms with van der Waals surface area (Å²) in [4.78, 5) is 13.9. The maximum Gasteiger partial charge on any atom is 0.142 e. The highest BCUT2D eigenvalue weighted by molar-refractivity contribution is 5.87. The summed E-state index contributed by atoms with van der Waals surface area (Å²) < 4.78 is 0. The van der Waals surface area contributed by atoms with Crippen molar-refractivity contribution in [1.29, 1.82) is 0 Å². The van der Waals surface area contributed by atoms with Gasteiger partial charge in [-0.1, -0.05) is 0 Å². The minimum atomic E-state index is -0.350. The maximum absolute atomic E-state index is 9.98. The van der Waals surface area contributed by atoms with Gasteiger partial charge in [0.05, 0.1) is 17.6 Å². The lowest BCUT2D eigenvalue weighted by Crippen LogP contribution is -2.61. The molecule has 2 fully saturated rings. The number of piperidine rings is 1. The lowest BCUT2D eigenvalue weighted by atomic mass is 9.58. The van der Waals surface area contributed by atoms with Crippen LogP contribution in [0.25, 0.3) is 11.0 Å². The Labute approximate surface area is 116 Å². The number of aromatic amines is 1. The van der Waals surface area contributed by atoms with Crippen molar-refractivity contribution in [3.8, 4) is 0 Å². The van der Waals surface area contributed by atoms with E-state index in [0.29, 0.717) is 6.42 Å². The molecule has 0 amide bonds. The van der Waals surface area contributed by atoms with Crippen molar-refractivity contribution in [2.75, 3.05) is 18.0 Å². The van der Waals surface area contributed by atoms with Crippen molar-refractivity contribution in [2.45, 2.75) is 31.5 Å². The average Bonchev–Trinajstić information content (AvgIpc) is 2.96. The summed E-state index contributed by atoms with van der Waals surface area (Å²) in [5.41, 5.74) is 0.569. The molecule has 3 heterocycles. The van der Waals surface area contributed by atoms with Gasteiger partial charge in [0, 0.05) is 31.1 Å². The second kappa shape index (κ2) is 4.17. The third-order valence-electron chi connectivity index (χ3n) is 5.10. The van der Waals surface area contributed by atoms with Crippen LogP contribution in [0.1, 0.15) is 19.3 Å². The summed E-state index contributed by atoms with van der Waals surface area (Å²) in [5.74, 6) is 0.939. The van der Waals surface area contributed by atoms with E-state index in [1.54, 1.807) is 6.33 Å². The highest BCUT2D eigenvalue weighted by Gasteiger charge is 2.54. The lowest BCUT2D eigenvalue weighted by Gasteiger charge is -2.55. The molecule has 2 atom stereocenters. The van der Waals surface area contributed by atoms with E-state index in [9.17, 15) is 10.2 Å². The number of aromatic nitrogens is 3. The van der Waals surface area contributed by atoms with Gasteiger partial charge in [0.25, 0.3) is 0 Å². The standard InChI is InChI=1S/C14H18N4O2/c19-10-7-11(20)14(10)2-5-18(6-3-14)13-9-1-4-15-12(9)16-8-17-13/h1,4,8,10-11,19-20H,2-3,5-7H2,(H,15,16,17). The molecular weight excluding hydrogens is 256 g/mol. The van der Waals surface area contributed by atoms with Crippen LogP contribution < -0.4 is 4.90 Å². The second-order valence-electron chi connectivity index (χ2n) is 5.92. The van der Waals surface area contributed by atoms with E-state index < -0.39 is 0 Å². The molecule has 20 heavy (non-hydrogen) atoms. The molecule has 1 aliphatic heterocycles. The van der Waals surface area contributed by atoms with Crippen LogP contribution in [0.15, 0.2) is 18.6 Å². The second-order valence-corrected chi connectivity index (χ2v) is 5.92. The van der Waals surface area contributed by atoms with Crippen LogP contribution in [0.4, 0.5) is 5.82 Å². The Kier molecular flexibility index (Phi) is 2.52. The predicted molar refractivity (Wildman–Crippen MR) is 74.4 cm³/mol. The monoisotopic (exact) mass is 274 g/mol. The van der Waals surface area contributed by atoms with Gasteiger partial charge in [-0.25, -0.2) is 9.97 Å². The molecule has 1 aliphatic carbocycles. The predicted octanol–water partition coefficient (Wildman–Crippen LogP) is 0.670. The van der Waals surface area contributed by atoms with Gasteiger partial charge in [-0.3, -0.25) is 0 Å². The first-order valence-corrected chi connectivity index (χ1v) is 7.10. The van der Waals surface area contributed by atoms with Crippen LogP contribution in [0.2, 0.25) is 0 Å². The summed E-state index contributed by atoms with van der Waals surface area (Å²) >= 11 is 0. The van der Waals surface area contributed by atoms with E-state index in [2.05, 4.69) is 19.9 Å². The van der Waals surface area contributed by atoms with Gasteiger partial charge in [-0.05, 0) is 18.9 Å². The first kappa shape index (κ1) is 12.1. The number of nitrogens with one attached hydrogen (secondary N) is 1. The molecular formula is C14H18N4O2. The number of anilines is 1. The molecule has 1 spiro atoms. The zero-order valence-corrected chi connectivity index (χ0v) is 11.2. The number of fused-ring (bicyclic) bond motifs is 1. The van der Waals surface area contributed by atoms with Crippen molar-refractivity contribution in [1.82, 2.24) is 15.0 Å². The smallest absolute Gasteiger partial charge is 0.142 e. The van der Waals surface area contributed by atoms with E-state index in [-0.39, 0.29) is 17.6 Å². The molecule has 2 aromatic rings. The van der Waals surface area contributed by atoms with Gasteiger partial charge in [0.15, 0.2) is 0 Å². The molecule has 106 valence electrons. The molecule has 1 saturated heterocycles. The normalized spacial score (nSPS) is 28.8. The summed E-state index contributed by atoms with van der Waals surface area (Å²) in [6.45, 7) is 1.62. The number of hydrogen-bond acceptors (Lipinski definition) is 5. The topological polar surface area (TPSA) is 85.3 Å².